The van der Waals surface area contributed by atoms with Crippen LogP contribution in [-0.4, -0.2) is 70.0 Å². The van der Waals surface area contributed by atoms with Crippen molar-refractivity contribution < 1.29 is 14.2 Å². The third kappa shape index (κ3) is 5.14. The van der Waals surface area contributed by atoms with Crippen molar-refractivity contribution in [2.75, 3.05) is 59.2 Å². The zero-order chi connectivity index (χ0) is 19.9. The summed E-state index contributed by atoms with van der Waals surface area (Å²) < 4.78 is 16.9. The molecule has 1 aliphatic carbocycles. The SMILES string of the molecule is NC(=NCC1(c2ccc3c(c2)OCCO3)CCCC1)NCCCN1CCOCC1. The van der Waals surface area contributed by atoms with E-state index in [0.29, 0.717) is 19.2 Å². The Morgan fingerprint density at radius 2 is 1.83 bits per heavy atom. The van der Waals surface area contributed by atoms with Gasteiger partial charge in [0, 0.05) is 25.0 Å². The number of rotatable bonds is 7. The first-order chi connectivity index (χ1) is 14.3. The lowest BCUT2D eigenvalue weighted by Gasteiger charge is -2.29. The first kappa shape index (κ1) is 20.3. The van der Waals surface area contributed by atoms with Gasteiger partial charge in [-0.2, -0.15) is 0 Å². The number of fused-ring (bicyclic) bond motifs is 1. The molecule has 4 rings (SSSR count). The maximum atomic E-state index is 6.18. The van der Waals surface area contributed by atoms with Gasteiger partial charge in [0.25, 0.3) is 0 Å². The van der Waals surface area contributed by atoms with Crippen LogP contribution in [0.3, 0.4) is 0 Å². The van der Waals surface area contributed by atoms with Gasteiger partial charge in [-0.25, -0.2) is 0 Å². The van der Waals surface area contributed by atoms with Crippen LogP contribution in [0.1, 0.15) is 37.7 Å². The van der Waals surface area contributed by atoms with Crippen molar-refractivity contribution in [1.82, 2.24) is 10.2 Å². The molecule has 2 fully saturated rings. The van der Waals surface area contributed by atoms with Crippen molar-refractivity contribution in [3.63, 3.8) is 0 Å². The van der Waals surface area contributed by atoms with Gasteiger partial charge in [0.1, 0.15) is 13.2 Å². The molecule has 0 atom stereocenters. The Morgan fingerprint density at radius 3 is 2.62 bits per heavy atom. The van der Waals surface area contributed by atoms with Gasteiger partial charge in [-0.15, -0.1) is 0 Å². The van der Waals surface area contributed by atoms with Gasteiger partial charge < -0.3 is 25.3 Å². The summed E-state index contributed by atoms with van der Waals surface area (Å²) in [6.07, 6.45) is 5.80. The van der Waals surface area contributed by atoms with Crippen molar-refractivity contribution in [3.8, 4) is 11.5 Å². The van der Waals surface area contributed by atoms with Crippen LogP contribution in [0.15, 0.2) is 23.2 Å². The van der Waals surface area contributed by atoms with E-state index >= 15 is 0 Å². The maximum Gasteiger partial charge on any atom is 0.188 e. The molecule has 1 aromatic carbocycles. The third-order valence-electron chi connectivity index (χ3n) is 6.33. The lowest BCUT2D eigenvalue weighted by atomic mass is 9.79. The Kier molecular flexibility index (Phi) is 6.77. The minimum atomic E-state index is 0.0515. The van der Waals surface area contributed by atoms with E-state index in [1.54, 1.807) is 0 Å². The summed E-state index contributed by atoms with van der Waals surface area (Å²) in [5.41, 5.74) is 7.53. The predicted molar refractivity (Wildman–Crippen MR) is 114 cm³/mol. The first-order valence-electron chi connectivity index (χ1n) is 11.0. The fourth-order valence-corrected chi connectivity index (χ4v) is 4.60. The zero-order valence-electron chi connectivity index (χ0n) is 17.3. The average Bonchev–Trinajstić information content (AvgIpc) is 3.26. The molecule has 1 saturated carbocycles. The average molecular weight is 403 g/mol. The van der Waals surface area contributed by atoms with Crippen LogP contribution in [-0.2, 0) is 10.2 Å². The van der Waals surface area contributed by atoms with Crippen molar-refractivity contribution in [2.24, 2.45) is 10.7 Å². The van der Waals surface area contributed by atoms with Crippen LogP contribution < -0.4 is 20.5 Å². The molecule has 3 N–H and O–H groups in total. The van der Waals surface area contributed by atoms with Gasteiger partial charge in [0.2, 0.25) is 0 Å². The molecule has 1 aromatic rings. The Hall–Kier alpha value is -1.99. The third-order valence-corrected chi connectivity index (χ3v) is 6.33. The van der Waals surface area contributed by atoms with Crippen molar-refractivity contribution in [3.05, 3.63) is 23.8 Å². The molecule has 7 nitrogen and oxygen atoms in total. The summed E-state index contributed by atoms with van der Waals surface area (Å²) in [4.78, 5) is 7.17. The summed E-state index contributed by atoms with van der Waals surface area (Å²) in [5, 5.41) is 3.29. The number of hydrogen-bond acceptors (Lipinski definition) is 5. The number of nitrogens with two attached hydrogens (primary N) is 1. The van der Waals surface area contributed by atoms with Crippen LogP contribution >= 0.6 is 0 Å². The highest BCUT2D eigenvalue weighted by molar-refractivity contribution is 5.77. The Bertz CT molecular complexity index is 697. The highest BCUT2D eigenvalue weighted by Crippen LogP contribution is 2.44. The van der Waals surface area contributed by atoms with Crippen molar-refractivity contribution in [1.29, 1.82) is 0 Å². The normalized spacial score (nSPS) is 21.9. The topological polar surface area (TPSA) is 81.3 Å². The van der Waals surface area contributed by atoms with Gasteiger partial charge in [-0.1, -0.05) is 18.9 Å². The molecular formula is C22H34N4O3. The Balaban J connectivity index is 1.31. The summed E-state index contributed by atoms with van der Waals surface area (Å²) in [7, 11) is 0. The monoisotopic (exact) mass is 402 g/mol. The number of aliphatic imine (C=N–C) groups is 1. The van der Waals surface area contributed by atoms with E-state index in [0.717, 1.165) is 76.7 Å². The van der Waals surface area contributed by atoms with E-state index in [1.807, 2.05) is 6.07 Å². The van der Waals surface area contributed by atoms with Crippen molar-refractivity contribution in [2.45, 2.75) is 37.5 Å². The smallest absolute Gasteiger partial charge is 0.188 e. The second-order valence-electron chi connectivity index (χ2n) is 8.28. The molecule has 3 aliphatic rings. The van der Waals surface area contributed by atoms with Gasteiger partial charge >= 0.3 is 0 Å². The van der Waals surface area contributed by atoms with E-state index < -0.39 is 0 Å². The minimum absolute atomic E-state index is 0.0515. The molecule has 0 unspecified atom stereocenters. The van der Waals surface area contributed by atoms with E-state index in [-0.39, 0.29) is 5.41 Å². The molecule has 160 valence electrons. The van der Waals surface area contributed by atoms with E-state index in [1.165, 1.54) is 18.4 Å². The maximum absolute atomic E-state index is 6.18. The molecule has 0 aromatic heterocycles. The van der Waals surface area contributed by atoms with Crippen LogP contribution in [0.2, 0.25) is 0 Å². The van der Waals surface area contributed by atoms with E-state index in [2.05, 4.69) is 22.3 Å². The Morgan fingerprint density at radius 1 is 1.07 bits per heavy atom. The highest BCUT2D eigenvalue weighted by atomic mass is 16.6. The molecule has 7 heteroatoms. The number of benzene rings is 1. The molecule has 0 amide bonds. The van der Waals surface area contributed by atoms with Gasteiger partial charge in [-0.05, 0) is 43.5 Å². The lowest BCUT2D eigenvalue weighted by molar-refractivity contribution is 0.0376. The number of ether oxygens (including phenoxy) is 3. The molecule has 29 heavy (non-hydrogen) atoms. The molecule has 0 spiro atoms. The van der Waals surface area contributed by atoms with Gasteiger partial charge in [-0.3, -0.25) is 9.89 Å². The largest absolute Gasteiger partial charge is 0.486 e. The molecular weight excluding hydrogens is 368 g/mol. The number of hydrogen-bond donors (Lipinski definition) is 2. The quantitative estimate of drug-likeness (QED) is 0.412. The summed E-state index contributed by atoms with van der Waals surface area (Å²) in [5.74, 6) is 2.26. The van der Waals surface area contributed by atoms with Gasteiger partial charge in [0.05, 0.1) is 19.8 Å². The summed E-state index contributed by atoms with van der Waals surface area (Å²) >= 11 is 0. The van der Waals surface area contributed by atoms with Gasteiger partial charge in [0.15, 0.2) is 17.5 Å². The molecule has 1 saturated heterocycles. The fourth-order valence-electron chi connectivity index (χ4n) is 4.60. The number of guanidine groups is 1. The standard InChI is InChI=1S/C22H34N4O3/c23-21(24-8-3-9-26-10-12-27-13-11-26)25-17-22(6-1-2-7-22)18-4-5-19-20(16-18)29-15-14-28-19/h4-5,16H,1-3,6-15,17H2,(H3,23,24,25). The number of morpholine rings is 1. The van der Waals surface area contributed by atoms with E-state index in [9.17, 15) is 0 Å². The second-order valence-corrected chi connectivity index (χ2v) is 8.28. The number of nitrogens with zero attached hydrogens (tertiary/aromatic N) is 2. The molecule has 0 bridgehead atoms. The summed E-state index contributed by atoms with van der Waals surface area (Å²) in [6.45, 7) is 7.63. The molecule has 2 aliphatic heterocycles. The second kappa shape index (κ2) is 9.67. The fraction of sp³-hybridized carbons (Fsp3) is 0.682. The lowest BCUT2D eigenvalue weighted by Crippen LogP contribution is -2.39. The molecule has 2 heterocycles. The van der Waals surface area contributed by atoms with Crippen LogP contribution in [0.4, 0.5) is 0 Å². The number of nitrogens with one attached hydrogen (secondary N) is 1. The Labute approximate surface area is 173 Å². The van der Waals surface area contributed by atoms with Crippen molar-refractivity contribution >= 4 is 5.96 Å². The summed E-state index contributed by atoms with van der Waals surface area (Å²) in [6, 6.07) is 6.38. The minimum Gasteiger partial charge on any atom is -0.486 e. The van der Waals surface area contributed by atoms with E-state index in [4.69, 9.17) is 24.9 Å². The zero-order valence-corrected chi connectivity index (χ0v) is 17.3. The predicted octanol–water partition coefficient (Wildman–Crippen LogP) is 1.90. The van der Waals surface area contributed by atoms with Crippen LogP contribution in [0.25, 0.3) is 0 Å². The van der Waals surface area contributed by atoms with Crippen LogP contribution in [0, 0.1) is 0 Å². The van der Waals surface area contributed by atoms with Crippen LogP contribution in [0.5, 0.6) is 11.5 Å². The molecule has 0 radical (unpaired) electrons. The first-order valence-corrected chi connectivity index (χ1v) is 11.0. The highest BCUT2D eigenvalue weighted by Gasteiger charge is 2.36.